The van der Waals surface area contributed by atoms with Crippen molar-refractivity contribution in [3.05, 3.63) is 29.8 Å². The molecule has 1 radical (unpaired) electrons. The summed E-state index contributed by atoms with van der Waals surface area (Å²) in [4.78, 5) is 0. The Hall–Kier alpha value is -2.00. The van der Waals surface area contributed by atoms with Crippen LogP contribution in [0.2, 0.25) is 0 Å². The van der Waals surface area contributed by atoms with Crippen LogP contribution in [-0.4, -0.2) is 17.8 Å². The van der Waals surface area contributed by atoms with Gasteiger partial charge < -0.3 is 14.8 Å². The van der Waals surface area contributed by atoms with Crippen molar-refractivity contribution in [2.24, 2.45) is 0 Å². The Kier molecular flexibility index (Phi) is 3.97. The molecule has 0 aliphatic rings. The smallest absolute Gasteiger partial charge is 0.537 e. The molecule has 0 amide bonds. The van der Waals surface area contributed by atoms with Gasteiger partial charge in [0, 0.05) is 0 Å². The van der Waals surface area contributed by atoms with E-state index >= 15 is 0 Å². The van der Waals surface area contributed by atoms with Crippen molar-refractivity contribution in [1.29, 1.82) is 0 Å². The molecule has 0 fully saturated rings. The molecular formula is C7H8BO3Sg. The Morgan fingerprint density at radius 1 is 1.25 bits per heavy atom. The van der Waals surface area contributed by atoms with E-state index in [2.05, 4.69) is 4.65 Å². The van der Waals surface area contributed by atoms with Gasteiger partial charge in [0.2, 0.25) is 0 Å². The monoisotopic (exact) mass is 422 g/mol. The van der Waals surface area contributed by atoms with Crippen LogP contribution in [0.15, 0.2) is 24.3 Å². The van der Waals surface area contributed by atoms with E-state index in [0.29, 0.717) is 13.4 Å². The molecule has 59 valence electrons. The molecule has 0 saturated carbocycles. The Bertz CT molecular complexity index is 214. The van der Waals surface area contributed by atoms with Gasteiger partial charge in [-0.25, -0.2) is 0 Å². The largest absolute Gasteiger partial charge is 0.569 e. The van der Waals surface area contributed by atoms with Crippen molar-refractivity contribution in [2.75, 3.05) is 0 Å². The van der Waals surface area contributed by atoms with Crippen LogP contribution in [0.25, 0.3) is 0 Å². The first-order chi connectivity index (χ1) is 5.36. The fourth-order valence-electron chi connectivity index (χ4n) is 0.734. The molecule has 0 aromatic heterocycles. The van der Waals surface area contributed by atoms with E-state index in [0.717, 1.165) is 5.56 Å². The third-order valence-corrected chi connectivity index (χ3v) is 1.29. The fraction of sp³-hybridized carbons (Fsp3) is 0.143. The van der Waals surface area contributed by atoms with E-state index in [1.54, 1.807) is 24.3 Å². The normalized spacial score (nSPS) is 8.50. The van der Waals surface area contributed by atoms with Crippen LogP contribution in [0.1, 0.15) is 5.56 Å². The third-order valence-electron chi connectivity index (χ3n) is 1.29. The van der Waals surface area contributed by atoms with Crippen LogP contribution in [0, 0.1) is 0 Å². The molecule has 5 heteroatoms. The Balaban J connectivity index is 0.00000121. The predicted molar refractivity (Wildman–Crippen MR) is 41.0 cm³/mol. The van der Waals surface area contributed by atoms with E-state index in [-0.39, 0.29) is 6.61 Å². The van der Waals surface area contributed by atoms with Crippen LogP contribution >= 0.6 is 0 Å². The Morgan fingerprint density at radius 2 is 1.83 bits per heavy atom. The molecule has 0 saturated heterocycles. The van der Waals surface area contributed by atoms with Crippen molar-refractivity contribution < 1.29 is 14.8 Å². The minimum atomic E-state index is 0. The summed E-state index contributed by atoms with van der Waals surface area (Å²) >= 11 is 0. The number of hydrogen-bond donors (Lipinski definition) is 2. The molecule has 12 heavy (non-hydrogen) atoms. The molecule has 1 aromatic rings. The first-order valence-electron chi connectivity index (χ1n) is 3.19. The zero-order valence-electron chi connectivity index (χ0n) is 6.60. The molecule has 0 aliphatic carbocycles. The van der Waals surface area contributed by atoms with Gasteiger partial charge in [0.05, 0.1) is 12.4 Å². The first kappa shape index (κ1) is 10.0. The van der Waals surface area contributed by atoms with Crippen LogP contribution < -0.4 is 4.65 Å². The Morgan fingerprint density at radius 3 is 2.25 bits per heavy atom. The second kappa shape index (κ2) is 4.76. The second-order valence-corrected chi connectivity index (χ2v) is 2.03. The molecule has 1 rings (SSSR count). The summed E-state index contributed by atoms with van der Waals surface area (Å²) in [6.07, 6.45) is 0. The average molecular weight is 420 g/mol. The molecule has 0 heterocycles. The van der Waals surface area contributed by atoms with Gasteiger partial charge in [0.25, 0.3) is 0 Å². The molecule has 2 N–H and O–H groups in total. The maximum absolute atomic E-state index is 8.66. The van der Waals surface area contributed by atoms with Gasteiger partial charge >= 0.3 is 7.69 Å². The summed E-state index contributed by atoms with van der Waals surface area (Å²) in [5, 5.41) is 16.9. The average Bonchev–Trinajstić information content (AvgIpc) is 2.07. The predicted octanol–water partition coefficient (Wildman–Crippen LogP) is 0.0842. The summed E-state index contributed by atoms with van der Waals surface area (Å²) < 4.78 is 4.65. The summed E-state index contributed by atoms with van der Waals surface area (Å²) in [7, 11) is 0.619. The van der Waals surface area contributed by atoms with Crippen LogP contribution in [0.4, 0.5) is 0 Å². The van der Waals surface area contributed by atoms with Gasteiger partial charge in [0.15, 0.2) is 0 Å². The standard InChI is InChI=1S/C7H8BO3.Sg/c9-5-6-1-3-7(4-2-6)11-8-10;/h1-4,9-10H,5H2;. The zero-order valence-corrected chi connectivity index (χ0v) is 13.1. The number of aliphatic hydroxyl groups excluding tert-OH is 1. The number of aliphatic hydroxyl groups is 1. The van der Waals surface area contributed by atoms with E-state index in [1.807, 2.05) is 0 Å². The quantitative estimate of drug-likeness (QED) is 0.682. The van der Waals surface area contributed by atoms with E-state index in [4.69, 9.17) is 10.1 Å². The minimum Gasteiger partial charge on any atom is -0.537 e. The molecule has 3 nitrogen and oxygen atoms in total. The fourth-order valence-corrected chi connectivity index (χ4v) is 0.734. The van der Waals surface area contributed by atoms with Gasteiger partial charge in [-0.2, -0.15) is 0 Å². The molecule has 0 unspecified atom stereocenters. The summed E-state index contributed by atoms with van der Waals surface area (Å²) in [6.45, 7) is 0.0170. The van der Waals surface area contributed by atoms with Gasteiger partial charge in [-0.15, -0.1) is 0 Å². The van der Waals surface area contributed by atoms with Crippen molar-refractivity contribution in [3.63, 3.8) is 0 Å². The van der Waals surface area contributed by atoms with Crippen molar-refractivity contribution in [1.82, 2.24) is 0 Å². The molecule has 0 bridgehead atoms. The van der Waals surface area contributed by atoms with Gasteiger partial charge in [0.1, 0.15) is 0 Å². The summed E-state index contributed by atoms with van der Waals surface area (Å²) in [5.74, 6) is 0.546. The summed E-state index contributed by atoms with van der Waals surface area (Å²) in [5.41, 5.74) is 0.815. The van der Waals surface area contributed by atoms with Gasteiger partial charge in [-0.3, -0.25) is 0 Å². The van der Waals surface area contributed by atoms with Crippen molar-refractivity contribution in [3.8, 4) is 5.75 Å². The summed E-state index contributed by atoms with van der Waals surface area (Å²) in [6, 6.07) is 6.77. The van der Waals surface area contributed by atoms with E-state index in [9.17, 15) is 0 Å². The van der Waals surface area contributed by atoms with Crippen LogP contribution in [0.5, 0.6) is 5.75 Å². The molecule has 0 atom stereocenters. The van der Waals surface area contributed by atoms with Crippen molar-refractivity contribution in [2.45, 2.75) is 6.61 Å². The van der Waals surface area contributed by atoms with Crippen LogP contribution in [-0.2, 0) is 6.61 Å². The van der Waals surface area contributed by atoms with Crippen LogP contribution in [0.3, 0.4) is 0 Å². The van der Waals surface area contributed by atoms with Gasteiger partial charge in [-0.1, -0.05) is 12.1 Å². The molecule has 0 aliphatic heterocycles. The van der Waals surface area contributed by atoms with Gasteiger partial charge in [-0.05, 0) is 17.7 Å². The SMILES string of the molecule is O[B]Oc1ccc(CO)cc1.[Sg]. The molecular weight excluding hydrogens is 412 g/mol. The van der Waals surface area contributed by atoms with E-state index < -0.39 is 0 Å². The maximum atomic E-state index is 8.66. The zero-order chi connectivity index (χ0) is 8.10. The molecule has 1 aromatic carbocycles. The number of hydrogen-bond acceptors (Lipinski definition) is 3. The number of benzene rings is 1. The van der Waals surface area contributed by atoms with E-state index in [1.165, 1.54) is 0 Å². The second-order valence-electron chi connectivity index (χ2n) is 2.03. The Labute approximate surface area is 65.6 Å². The van der Waals surface area contributed by atoms with Crippen molar-refractivity contribution >= 4 is 7.69 Å². The third kappa shape index (κ3) is 2.32. The first-order valence-corrected chi connectivity index (χ1v) is 3.19. The topological polar surface area (TPSA) is 49.7 Å². The maximum Gasteiger partial charge on any atom is 0.569 e. The molecule has 0 spiro atoms. The minimum absolute atomic E-state index is 0. The number of rotatable bonds is 3.